The van der Waals surface area contributed by atoms with Crippen LogP contribution in [0.5, 0.6) is 0 Å². The van der Waals surface area contributed by atoms with Crippen LogP contribution in [0.1, 0.15) is 49.6 Å². The van der Waals surface area contributed by atoms with Gasteiger partial charge in [-0.15, -0.1) is 10.2 Å². The highest BCUT2D eigenvalue weighted by Gasteiger charge is 2.33. The second-order valence-electron chi connectivity index (χ2n) is 6.93. The number of amides is 2. The maximum Gasteiger partial charge on any atom is 0.286 e. The largest absolute Gasteiger partial charge is 0.329 e. The predicted octanol–water partition coefficient (Wildman–Crippen LogP) is 4.22. The minimum Gasteiger partial charge on any atom is -0.329 e. The van der Waals surface area contributed by atoms with Crippen LogP contribution in [0.25, 0.3) is 0 Å². The minimum atomic E-state index is -0.450. The fourth-order valence-electron chi connectivity index (χ4n) is 3.34. The van der Waals surface area contributed by atoms with E-state index in [1.54, 1.807) is 11.0 Å². The molecule has 3 aromatic rings. The zero-order valence-corrected chi connectivity index (χ0v) is 16.6. The summed E-state index contributed by atoms with van der Waals surface area (Å²) < 4.78 is 13.3. The molecule has 0 spiro atoms. The lowest BCUT2D eigenvalue weighted by atomic mass is 10.1. The summed E-state index contributed by atoms with van der Waals surface area (Å²) in [6.45, 7) is 2.62. The third kappa shape index (κ3) is 4.17. The van der Waals surface area contributed by atoms with E-state index in [1.165, 1.54) is 18.2 Å². The summed E-state index contributed by atoms with van der Waals surface area (Å²) in [6.07, 6.45) is 1.64. The van der Waals surface area contributed by atoms with Gasteiger partial charge in [-0.25, -0.2) is 4.39 Å². The Morgan fingerprint density at radius 2 is 1.97 bits per heavy atom. The Hall–Kier alpha value is -3.13. The molecule has 6 nitrogen and oxygen atoms in total. The van der Waals surface area contributed by atoms with Gasteiger partial charge in [-0.1, -0.05) is 35.1 Å². The Bertz CT molecular complexity index is 1050. The van der Waals surface area contributed by atoms with E-state index in [2.05, 4.69) is 15.5 Å². The number of nitrogens with one attached hydrogen (secondary N) is 1. The maximum absolute atomic E-state index is 13.3. The number of benzene rings is 2. The van der Waals surface area contributed by atoms with Gasteiger partial charge in [-0.05, 0) is 50.1 Å². The molecule has 29 heavy (non-hydrogen) atoms. The van der Waals surface area contributed by atoms with Gasteiger partial charge < -0.3 is 10.2 Å². The second-order valence-corrected chi connectivity index (χ2v) is 7.94. The molecule has 2 aromatic carbocycles. The molecule has 1 N–H and O–H groups in total. The van der Waals surface area contributed by atoms with Crippen molar-refractivity contribution in [3.63, 3.8) is 0 Å². The van der Waals surface area contributed by atoms with E-state index < -0.39 is 11.7 Å². The predicted molar refractivity (Wildman–Crippen MR) is 108 cm³/mol. The number of carbonyl (C=O) groups is 2. The molecule has 1 atom stereocenters. The third-order valence-electron chi connectivity index (χ3n) is 4.81. The quantitative estimate of drug-likeness (QED) is 0.699. The number of hydrogen-bond donors (Lipinski definition) is 1. The number of anilines is 1. The summed E-state index contributed by atoms with van der Waals surface area (Å²) >= 11 is 1.16. The molecule has 2 heterocycles. The van der Waals surface area contributed by atoms with E-state index in [0.717, 1.165) is 29.7 Å². The zero-order chi connectivity index (χ0) is 20.4. The fraction of sp³-hybridized carbons (Fsp3) is 0.238. The molecule has 1 aliphatic heterocycles. The van der Waals surface area contributed by atoms with Crippen LogP contribution in [0.15, 0.2) is 48.5 Å². The second kappa shape index (κ2) is 8.08. The van der Waals surface area contributed by atoms with Gasteiger partial charge in [0.2, 0.25) is 5.01 Å². The Balaban J connectivity index is 1.49. The van der Waals surface area contributed by atoms with Gasteiger partial charge in [0.15, 0.2) is 0 Å². The highest BCUT2D eigenvalue weighted by Crippen LogP contribution is 2.34. The number of likely N-dealkylation sites (tertiary alicyclic amines) is 1. The molecular weight excluding hydrogens is 391 g/mol. The van der Waals surface area contributed by atoms with Crippen LogP contribution >= 0.6 is 11.3 Å². The zero-order valence-electron chi connectivity index (χ0n) is 15.8. The number of carbonyl (C=O) groups excluding carboxylic acids is 2. The third-order valence-corrected chi connectivity index (χ3v) is 5.84. The smallest absolute Gasteiger partial charge is 0.286 e. The van der Waals surface area contributed by atoms with Crippen LogP contribution in [-0.2, 0) is 0 Å². The molecule has 1 aliphatic rings. The van der Waals surface area contributed by atoms with Gasteiger partial charge in [-0.2, -0.15) is 0 Å². The summed E-state index contributed by atoms with van der Waals surface area (Å²) in [7, 11) is 0. The van der Waals surface area contributed by atoms with Gasteiger partial charge in [0, 0.05) is 17.8 Å². The molecule has 4 rings (SSSR count). The fourth-order valence-corrected chi connectivity index (χ4v) is 4.23. The summed E-state index contributed by atoms with van der Waals surface area (Å²) in [4.78, 5) is 27.1. The van der Waals surface area contributed by atoms with E-state index in [9.17, 15) is 14.0 Å². The molecule has 0 bridgehead atoms. The van der Waals surface area contributed by atoms with E-state index >= 15 is 0 Å². The Kier molecular flexibility index (Phi) is 5.35. The number of nitrogens with zero attached hydrogens (tertiary/aromatic N) is 3. The van der Waals surface area contributed by atoms with Crippen molar-refractivity contribution in [1.29, 1.82) is 0 Å². The lowest BCUT2D eigenvalue weighted by molar-refractivity contribution is 0.0735. The summed E-state index contributed by atoms with van der Waals surface area (Å²) in [5.41, 5.74) is 2.08. The first-order valence-corrected chi connectivity index (χ1v) is 10.1. The average molecular weight is 410 g/mol. The molecule has 0 radical (unpaired) electrons. The van der Waals surface area contributed by atoms with Crippen LogP contribution in [0.4, 0.5) is 10.1 Å². The van der Waals surface area contributed by atoms with Gasteiger partial charge in [0.1, 0.15) is 10.8 Å². The van der Waals surface area contributed by atoms with Gasteiger partial charge in [0.05, 0.1) is 6.04 Å². The van der Waals surface area contributed by atoms with Crippen LogP contribution in [0.2, 0.25) is 0 Å². The molecule has 1 saturated heterocycles. The summed E-state index contributed by atoms with van der Waals surface area (Å²) in [5.74, 6) is -0.931. The van der Waals surface area contributed by atoms with Crippen molar-refractivity contribution < 1.29 is 14.0 Å². The SMILES string of the molecule is Cc1ccc(C(=O)N2CCC[C@H]2c2nnc(C(=O)Nc3cccc(F)c3)s2)cc1. The maximum atomic E-state index is 13.3. The molecule has 0 unspecified atom stereocenters. The van der Waals surface area contributed by atoms with Crippen molar-refractivity contribution in [3.8, 4) is 0 Å². The van der Waals surface area contributed by atoms with Crippen LogP contribution in [-0.4, -0.2) is 33.5 Å². The summed E-state index contributed by atoms with van der Waals surface area (Å²) in [5, 5.41) is 11.6. The monoisotopic (exact) mass is 410 g/mol. The normalized spacial score (nSPS) is 16.1. The first kappa shape index (κ1) is 19.2. The molecule has 2 amide bonds. The lowest BCUT2D eigenvalue weighted by Crippen LogP contribution is -2.30. The van der Waals surface area contributed by atoms with Crippen molar-refractivity contribution in [2.24, 2.45) is 0 Å². The van der Waals surface area contributed by atoms with Crippen molar-refractivity contribution in [1.82, 2.24) is 15.1 Å². The van der Waals surface area contributed by atoms with Gasteiger partial charge >= 0.3 is 0 Å². The number of aromatic nitrogens is 2. The van der Waals surface area contributed by atoms with E-state index in [-0.39, 0.29) is 17.0 Å². The molecule has 148 valence electrons. The molecule has 1 aromatic heterocycles. The first-order valence-electron chi connectivity index (χ1n) is 9.29. The van der Waals surface area contributed by atoms with Crippen LogP contribution in [0.3, 0.4) is 0 Å². The lowest BCUT2D eigenvalue weighted by Gasteiger charge is -2.22. The van der Waals surface area contributed by atoms with E-state index in [0.29, 0.717) is 22.8 Å². The molecule has 0 saturated carbocycles. The number of rotatable bonds is 4. The molecule has 8 heteroatoms. The number of aryl methyl sites for hydroxylation is 1. The van der Waals surface area contributed by atoms with Crippen molar-refractivity contribution in [3.05, 3.63) is 75.5 Å². The van der Waals surface area contributed by atoms with Crippen LogP contribution in [0, 0.1) is 12.7 Å². The number of hydrogen-bond acceptors (Lipinski definition) is 5. The van der Waals surface area contributed by atoms with Crippen LogP contribution < -0.4 is 5.32 Å². The van der Waals surface area contributed by atoms with Crippen molar-refractivity contribution in [2.75, 3.05) is 11.9 Å². The molecule has 1 fully saturated rings. The van der Waals surface area contributed by atoms with E-state index in [4.69, 9.17) is 0 Å². The Morgan fingerprint density at radius 3 is 2.72 bits per heavy atom. The number of halogens is 1. The summed E-state index contributed by atoms with van der Waals surface area (Å²) in [6, 6.07) is 12.9. The van der Waals surface area contributed by atoms with E-state index in [1.807, 2.05) is 31.2 Å². The average Bonchev–Trinajstić information content (AvgIpc) is 3.37. The van der Waals surface area contributed by atoms with Gasteiger partial charge in [0.25, 0.3) is 11.8 Å². The Morgan fingerprint density at radius 1 is 1.17 bits per heavy atom. The molecule has 0 aliphatic carbocycles. The first-order chi connectivity index (χ1) is 14.0. The standard InChI is InChI=1S/C21H19FN4O2S/c1-13-7-9-14(10-8-13)21(28)26-11-3-6-17(26)19-24-25-20(29-19)18(27)23-16-5-2-4-15(22)12-16/h2,4-5,7-10,12,17H,3,6,11H2,1H3,(H,23,27)/t17-/m0/s1. The highest BCUT2D eigenvalue weighted by atomic mass is 32.1. The minimum absolute atomic E-state index is 0.0477. The van der Waals surface area contributed by atoms with Crippen molar-refractivity contribution >= 4 is 28.8 Å². The van der Waals surface area contributed by atoms with Crippen molar-refractivity contribution in [2.45, 2.75) is 25.8 Å². The van der Waals surface area contributed by atoms with Gasteiger partial charge in [-0.3, -0.25) is 9.59 Å². The Labute approximate surface area is 171 Å². The topological polar surface area (TPSA) is 75.2 Å². The molecular formula is C21H19FN4O2S. The highest BCUT2D eigenvalue weighted by molar-refractivity contribution is 7.13.